The number of nitrogens with zero attached hydrogens (tertiary/aromatic N) is 3. The van der Waals surface area contributed by atoms with E-state index < -0.39 is 5.82 Å². The van der Waals surface area contributed by atoms with Crippen molar-refractivity contribution >= 4 is 17.8 Å². The Labute approximate surface area is 145 Å². The SMILES string of the molecule is O=C1/C(=C\c2cnc(N3CCCC3)nc2)CCOc2ccc(F)cc21. The van der Waals surface area contributed by atoms with Crippen molar-refractivity contribution in [2.75, 3.05) is 24.6 Å². The monoisotopic (exact) mass is 339 g/mol. The second kappa shape index (κ2) is 6.63. The maximum atomic E-state index is 13.5. The van der Waals surface area contributed by atoms with Crippen molar-refractivity contribution < 1.29 is 13.9 Å². The number of hydrogen-bond acceptors (Lipinski definition) is 5. The van der Waals surface area contributed by atoms with Gasteiger partial charge in [-0.1, -0.05) is 0 Å². The van der Waals surface area contributed by atoms with Crippen LogP contribution in [0.3, 0.4) is 0 Å². The number of hydrogen-bond donors (Lipinski definition) is 0. The van der Waals surface area contributed by atoms with Crippen molar-refractivity contribution in [3.8, 4) is 5.75 Å². The van der Waals surface area contributed by atoms with Gasteiger partial charge in [0.15, 0.2) is 5.78 Å². The van der Waals surface area contributed by atoms with E-state index in [-0.39, 0.29) is 11.3 Å². The number of fused-ring (bicyclic) bond motifs is 1. The summed E-state index contributed by atoms with van der Waals surface area (Å²) in [6.45, 7) is 2.35. The van der Waals surface area contributed by atoms with Crippen LogP contribution in [-0.2, 0) is 0 Å². The first-order valence-electron chi connectivity index (χ1n) is 8.45. The van der Waals surface area contributed by atoms with Gasteiger partial charge in [-0.15, -0.1) is 0 Å². The lowest BCUT2D eigenvalue weighted by atomic mass is 9.99. The fraction of sp³-hybridized carbons (Fsp3) is 0.316. The Morgan fingerprint density at radius 3 is 2.68 bits per heavy atom. The van der Waals surface area contributed by atoms with E-state index in [2.05, 4.69) is 14.9 Å². The Kier molecular flexibility index (Phi) is 4.17. The molecule has 0 bridgehead atoms. The summed E-state index contributed by atoms with van der Waals surface area (Å²) in [5.41, 5.74) is 1.59. The average molecular weight is 339 g/mol. The van der Waals surface area contributed by atoms with E-state index in [0.717, 1.165) is 24.6 Å². The zero-order valence-electron chi connectivity index (χ0n) is 13.7. The molecular formula is C19H18FN3O2. The van der Waals surface area contributed by atoms with E-state index in [1.54, 1.807) is 18.5 Å². The van der Waals surface area contributed by atoms with E-state index in [1.807, 2.05) is 0 Å². The van der Waals surface area contributed by atoms with E-state index >= 15 is 0 Å². The molecule has 0 spiro atoms. The second-order valence-corrected chi connectivity index (χ2v) is 6.25. The Hall–Kier alpha value is -2.76. The Morgan fingerprint density at radius 1 is 1.16 bits per heavy atom. The topological polar surface area (TPSA) is 55.3 Å². The van der Waals surface area contributed by atoms with Gasteiger partial charge in [0.25, 0.3) is 0 Å². The smallest absolute Gasteiger partial charge is 0.225 e. The van der Waals surface area contributed by atoms with Crippen LogP contribution in [0.15, 0.2) is 36.2 Å². The van der Waals surface area contributed by atoms with E-state index in [4.69, 9.17) is 4.74 Å². The maximum absolute atomic E-state index is 13.5. The molecule has 2 aromatic rings. The molecular weight excluding hydrogens is 321 g/mol. The molecule has 0 atom stereocenters. The fourth-order valence-corrected chi connectivity index (χ4v) is 3.19. The number of aromatic nitrogens is 2. The van der Waals surface area contributed by atoms with Crippen LogP contribution in [0.1, 0.15) is 35.2 Å². The van der Waals surface area contributed by atoms with Gasteiger partial charge < -0.3 is 9.64 Å². The molecule has 5 nitrogen and oxygen atoms in total. The summed E-state index contributed by atoms with van der Waals surface area (Å²) in [6.07, 6.45) is 8.00. The minimum Gasteiger partial charge on any atom is -0.492 e. The molecule has 0 aliphatic carbocycles. The minimum atomic E-state index is -0.449. The zero-order valence-corrected chi connectivity index (χ0v) is 13.7. The van der Waals surface area contributed by atoms with Crippen molar-refractivity contribution in [2.45, 2.75) is 19.3 Å². The molecule has 0 N–H and O–H groups in total. The Morgan fingerprint density at radius 2 is 1.92 bits per heavy atom. The van der Waals surface area contributed by atoms with Crippen molar-refractivity contribution in [3.63, 3.8) is 0 Å². The quantitative estimate of drug-likeness (QED) is 0.786. The van der Waals surface area contributed by atoms with Crippen molar-refractivity contribution in [3.05, 3.63) is 53.1 Å². The van der Waals surface area contributed by atoms with Gasteiger partial charge in [0.05, 0.1) is 12.2 Å². The molecule has 0 radical (unpaired) electrons. The summed E-state index contributed by atoms with van der Waals surface area (Å²) < 4.78 is 19.1. The van der Waals surface area contributed by atoms with E-state index in [1.165, 1.54) is 31.0 Å². The van der Waals surface area contributed by atoms with Gasteiger partial charge in [0, 0.05) is 43.0 Å². The molecule has 3 heterocycles. The second-order valence-electron chi connectivity index (χ2n) is 6.25. The van der Waals surface area contributed by atoms with Crippen LogP contribution in [0.4, 0.5) is 10.3 Å². The first kappa shape index (κ1) is 15.7. The highest BCUT2D eigenvalue weighted by atomic mass is 19.1. The first-order valence-corrected chi connectivity index (χ1v) is 8.45. The van der Waals surface area contributed by atoms with E-state index in [0.29, 0.717) is 24.4 Å². The number of carbonyl (C=O) groups excluding carboxylic acids is 1. The van der Waals surface area contributed by atoms with Crippen LogP contribution >= 0.6 is 0 Å². The molecule has 2 aliphatic rings. The molecule has 1 aromatic carbocycles. The summed E-state index contributed by atoms with van der Waals surface area (Å²) in [6, 6.07) is 4.02. The maximum Gasteiger partial charge on any atom is 0.225 e. The van der Waals surface area contributed by atoms with Gasteiger partial charge in [0.2, 0.25) is 5.95 Å². The van der Waals surface area contributed by atoms with Gasteiger partial charge in [-0.2, -0.15) is 0 Å². The van der Waals surface area contributed by atoms with Crippen LogP contribution in [0.25, 0.3) is 6.08 Å². The van der Waals surface area contributed by atoms with Crippen molar-refractivity contribution in [1.82, 2.24) is 9.97 Å². The molecule has 6 heteroatoms. The number of rotatable bonds is 2. The first-order chi connectivity index (χ1) is 12.2. The third kappa shape index (κ3) is 3.24. The molecule has 4 rings (SSSR count). The number of anilines is 1. The molecule has 1 saturated heterocycles. The van der Waals surface area contributed by atoms with Gasteiger partial charge in [-0.05, 0) is 37.1 Å². The van der Waals surface area contributed by atoms with Gasteiger partial charge in [-0.3, -0.25) is 4.79 Å². The summed E-state index contributed by atoms with van der Waals surface area (Å²) in [7, 11) is 0. The number of carbonyl (C=O) groups is 1. The number of halogens is 1. The summed E-state index contributed by atoms with van der Waals surface area (Å²) in [5.74, 6) is 0.490. The van der Waals surface area contributed by atoms with Crippen molar-refractivity contribution in [1.29, 1.82) is 0 Å². The highest BCUT2D eigenvalue weighted by Gasteiger charge is 2.22. The molecule has 2 aliphatic heterocycles. The van der Waals surface area contributed by atoms with E-state index in [9.17, 15) is 9.18 Å². The summed E-state index contributed by atoms with van der Waals surface area (Å²) in [4.78, 5) is 23.7. The number of Topliss-reactive ketones (excluding diaryl/α,β-unsaturated/α-hetero) is 1. The van der Waals surface area contributed by atoms with Crippen LogP contribution in [0.2, 0.25) is 0 Å². The normalized spacial score (nSPS) is 18.8. The molecule has 25 heavy (non-hydrogen) atoms. The largest absolute Gasteiger partial charge is 0.492 e. The third-order valence-electron chi connectivity index (χ3n) is 4.49. The third-order valence-corrected chi connectivity index (χ3v) is 4.49. The molecule has 0 unspecified atom stereocenters. The average Bonchev–Trinajstić information content (AvgIpc) is 3.12. The standard InChI is InChI=1S/C19H18FN3O2/c20-15-3-4-17-16(10-15)18(24)14(5-8-25-17)9-13-11-21-19(22-12-13)23-6-1-2-7-23/h3-4,9-12H,1-2,5-8H2/b14-9-. The number of ether oxygens (including phenoxy) is 1. The molecule has 128 valence electrons. The highest BCUT2D eigenvalue weighted by Crippen LogP contribution is 2.28. The lowest BCUT2D eigenvalue weighted by molar-refractivity contribution is 0.103. The predicted octanol–water partition coefficient (Wildman–Crippen LogP) is 3.26. The molecule has 0 saturated carbocycles. The fourth-order valence-electron chi connectivity index (χ4n) is 3.19. The predicted molar refractivity (Wildman–Crippen MR) is 92.3 cm³/mol. The van der Waals surface area contributed by atoms with Gasteiger partial charge >= 0.3 is 0 Å². The highest BCUT2D eigenvalue weighted by molar-refractivity contribution is 6.13. The van der Waals surface area contributed by atoms with Crippen molar-refractivity contribution in [2.24, 2.45) is 0 Å². The Balaban J connectivity index is 1.61. The summed E-state index contributed by atoms with van der Waals surface area (Å²) >= 11 is 0. The zero-order chi connectivity index (χ0) is 17.2. The van der Waals surface area contributed by atoms with Crippen LogP contribution in [0, 0.1) is 5.82 Å². The molecule has 1 fully saturated rings. The lowest BCUT2D eigenvalue weighted by Gasteiger charge is -2.14. The van der Waals surface area contributed by atoms with Crippen LogP contribution < -0.4 is 9.64 Å². The molecule has 0 amide bonds. The van der Waals surface area contributed by atoms with Crippen LogP contribution in [-0.4, -0.2) is 35.4 Å². The minimum absolute atomic E-state index is 0.212. The summed E-state index contributed by atoms with van der Waals surface area (Å²) in [5, 5.41) is 0. The van der Waals surface area contributed by atoms with Gasteiger partial charge in [-0.25, -0.2) is 14.4 Å². The number of benzene rings is 1. The number of ketones is 1. The molecule has 1 aromatic heterocycles. The Bertz CT molecular complexity index is 827. The lowest BCUT2D eigenvalue weighted by Crippen LogP contribution is -2.20. The van der Waals surface area contributed by atoms with Crippen LogP contribution in [0.5, 0.6) is 5.75 Å². The van der Waals surface area contributed by atoms with Gasteiger partial charge in [0.1, 0.15) is 11.6 Å².